The Morgan fingerprint density at radius 1 is 1.45 bits per heavy atom. The molecule has 0 aromatic rings. The van der Waals surface area contributed by atoms with Crippen molar-refractivity contribution in [1.29, 1.82) is 0 Å². The van der Waals surface area contributed by atoms with Crippen LogP contribution in [0.25, 0.3) is 0 Å². The van der Waals surface area contributed by atoms with Crippen molar-refractivity contribution in [1.82, 2.24) is 5.32 Å². The SMILES string of the molecule is CC(CCCl)C1CCNCC1. The molecule has 0 amide bonds. The highest BCUT2D eigenvalue weighted by molar-refractivity contribution is 6.17. The van der Waals surface area contributed by atoms with Gasteiger partial charge in [-0.15, -0.1) is 11.6 Å². The van der Waals surface area contributed by atoms with Crippen LogP contribution in [-0.2, 0) is 0 Å². The lowest BCUT2D eigenvalue weighted by atomic mass is 9.85. The Balaban J connectivity index is 2.21. The number of piperidine rings is 1. The second-order valence-corrected chi connectivity index (χ2v) is 3.92. The van der Waals surface area contributed by atoms with Gasteiger partial charge in [-0.3, -0.25) is 0 Å². The first-order valence-corrected chi connectivity index (χ1v) is 5.14. The second kappa shape index (κ2) is 5.00. The zero-order valence-electron chi connectivity index (χ0n) is 7.28. The third kappa shape index (κ3) is 3.00. The Labute approximate surface area is 74.5 Å². The Hall–Kier alpha value is 0.250. The van der Waals surface area contributed by atoms with Gasteiger partial charge in [0.15, 0.2) is 0 Å². The summed E-state index contributed by atoms with van der Waals surface area (Å²) < 4.78 is 0. The summed E-state index contributed by atoms with van der Waals surface area (Å²) in [5.74, 6) is 2.58. The molecule has 0 spiro atoms. The quantitative estimate of drug-likeness (QED) is 0.649. The fraction of sp³-hybridized carbons (Fsp3) is 1.00. The van der Waals surface area contributed by atoms with Gasteiger partial charge >= 0.3 is 0 Å². The summed E-state index contributed by atoms with van der Waals surface area (Å²) in [6, 6.07) is 0. The molecule has 1 fully saturated rings. The lowest BCUT2D eigenvalue weighted by molar-refractivity contribution is 0.270. The van der Waals surface area contributed by atoms with Crippen LogP contribution in [0.3, 0.4) is 0 Å². The third-order valence-corrected chi connectivity index (χ3v) is 2.97. The molecule has 1 unspecified atom stereocenters. The minimum Gasteiger partial charge on any atom is -0.317 e. The fourth-order valence-corrected chi connectivity index (χ4v) is 2.17. The summed E-state index contributed by atoms with van der Waals surface area (Å²) in [5.41, 5.74) is 0. The van der Waals surface area contributed by atoms with Gasteiger partial charge in [-0.05, 0) is 44.2 Å². The fourth-order valence-electron chi connectivity index (χ4n) is 1.82. The molecule has 0 aromatic heterocycles. The van der Waals surface area contributed by atoms with Gasteiger partial charge in [-0.25, -0.2) is 0 Å². The van der Waals surface area contributed by atoms with Crippen molar-refractivity contribution in [2.24, 2.45) is 11.8 Å². The molecular weight excluding hydrogens is 158 g/mol. The number of hydrogen-bond acceptors (Lipinski definition) is 1. The molecule has 0 aromatic carbocycles. The highest BCUT2D eigenvalue weighted by Crippen LogP contribution is 2.24. The van der Waals surface area contributed by atoms with Crippen molar-refractivity contribution >= 4 is 11.6 Å². The monoisotopic (exact) mass is 175 g/mol. The second-order valence-electron chi connectivity index (χ2n) is 3.54. The molecule has 1 saturated heterocycles. The lowest BCUT2D eigenvalue weighted by Gasteiger charge is -2.27. The van der Waals surface area contributed by atoms with E-state index in [1.165, 1.54) is 32.4 Å². The van der Waals surface area contributed by atoms with Crippen molar-refractivity contribution in [2.75, 3.05) is 19.0 Å². The molecule has 0 aliphatic carbocycles. The van der Waals surface area contributed by atoms with Gasteiger partial charge in [0.25, 0.3) is 0 Å². The Kier molecular flexibility index (Phi) is 4.24. The topological polar surface area (TPSA) is 12.0 Å². The van der Waals surface area contributed by atoms with E-state index in [9.17, 15) is 0 Å². The number of alkyl halides is 1. The van der Waals surface area contributed by atoms with Gasteiger partial charge in [-0.1, -0.05) is 6.92 Å². The zero-order chi connectivity index (χ0) is 8.10. The van der Waals surface area contributed by atoms with E-state index in [-0.39, 0.29) is 0 Å². The first kappa shape index (κ1) is 9.34. The van der Waals surface area contributed by atoms with E-state index < -0.39 is 0 Å². The van der Waals surface area contributed by atoms with E-state index in [0.717, 1.165) is 17.7 Å². The van der Waals surface area contributed by atoms with Crippen molar-refractivity contribution in [3.8, 4) is 0 Å². The minimum atomic E-state index is 0.824. The van der Waals surface area contributed by atoms with E-state index in [4.69, 9.17) is 11.6 Å². The molecule has 1 aliphatic heterocycles. The summed E-state index contributed by atoms with van der Waals surface area (Å²) in [5, 5.41) is 3.38. The molecule has 1 rings (SSSR count). The van der Waals surface area contributed by atoms with Crippen LogP contribution in [0.5, 0.6) is 0 Å². The van der Waals surface area contributed by atoms with Gasteiger partial charge < -0.3 is 5.32 Å². The Bertz CT molecular complexity index is 99.7. The molecule has 1 N–H and O–H groups in total. The van der Waals surface area contributed by atoms with Crippen molar-refractivity contribution in [3.05, 3.63) is 0 Å². The van der Waals surface area contributed by atoms with Crippen LogP contribution < -0.4 is 5.32 Å². The molecule has 0 saturated carbocycles. The van der Waals surface area contributed by atoms with Crippen LogP contribution in [-0.4, -0.2) is 19.0 Å². The summed E-state index contributed by atoms with van der Waals surface area (Å²) in [7, 11) is 0. The summed E-state index contributed by atoms with van der Waals surface area (Å²) in [4.78, 5) is 0. The third-order valence-electron chi connectivity index (χ3n) is 2.75. The van der Waals surface area contributed by atoms with Crippen molar-refractivity contribution in [2.45, 2.75) is 26.2 Å². The first-order valence-electron chi connectivity index (χ1n) is 4.61. The maximum atomic E-state index is 5.70. The lowest BCUT2D eigenvalue weighted by Crippen LogP contribution is -2.30. The normalized spacial score (nSPS) is 23.5. The molecule has 11 heavy (non-hydrogen) atoms. The number of nitrogens with one attached hydrogen (secondary N) is 1. The summed E-state index contributed by atoms with van der Waals surface area (Å²) in [6.07, 6.45) is 3.88. The smallest absolute Gasteiger partial charge is 0.0226 e. The standard InChI is InChI=1S/C9H18ClN/c1-8(2-5-10)9-3-6-11-7-4-9/h8-9,11H,2-7H2,1H3. The zero-order valence-corrected chi connectivity index (χ0v) is 8.03. The van der Waals surface area contributed by atoms with E-state index in [2.05, 4.69) is 12.2 Å². The van der Waals surface area contributed by atoms with E-state index in [0.29, 0.717) is 0 Å². The van der Waals surface area contributed by atoms with Gasteiger partial charge in [0.05, 0.1) is 0 Å². The minimum absolute atomic E-state index is 0.824. The average Bonchev–Trinajstić information content (AvgIpc) is 2.07. The van der Waals surface area contributed by atoms with Gasteiger partial charge in [0, 0.05) is 5.88 Å². The van der Waals surface area contributed by atoms with Crippen LogP contribution in [0.4, 0.5) is 0 Å². The molecule has 0 radical (unpaired) electrons. The van der Waals surface area contributed by atoms with Crippen LogP contribution in [0.1, 0.15) is 26.2 Å². The van der Waals surface area contributed by atoms with Gasteiger partial charge in [-0.2, -0.15) is 0 Å². The molecule has 1 aliphatic rings. The van der Waals surface area contributed by atoms with E-state index >= 15 is 0 Å². The maximum Gasteiger partial charge on any atom is 0.0226 e. The molecule has 1 atom stereocenters. The first-order chi connectivity index (χ1) is 5.34. The molecule has 66 valence electrons. The number of hydrogen-bond donors (Lipinski definition) is 1. The molecule has 0 bridgehead atoms. The average molecular weight is 176 g/mol. The van der Waals surface area contributed by atoms with Crippen LogP contribution in [0.15, 0.2) is 0 Å². The van der Waals surface area contributed by atoms with Gasteiger partial charge in [0.1, 0.15) is 0 Å². The van der Waals surface area contributed by atoms with E-state index in [1.54, 1.807) is 0 Å². The van der Waals surface area contributed by atoms with Crippen molar-refractivity contribution in [3.63, 3.8) is 0 Å². The molecular formula is C9H18ClN. The van der Waals surface area contributed by atoms with Gasteiger partial charge in [0.2, 0.25) is 0 Å². The molecule has 1 nitrogen and oxygen atoms in total. The van der Waals surface area contributed by atoms with Crippen molar-refractivity contribution < 1.29 is 0 Å². The summed E-state index contributed by atoms with van der Waals surface area (Å²) in [6.45, 7) is 4.74. The summed E-state index contributed by atoms with van der Waals surface area (Å²) >= 11 is 5.70. The maximum absolute atomic E-state index is 5.70. The van der Waals surface area contributed by atoms with Crippen LogP contribution in [0.2, 0.25) is 0 Å². The van der Waals surface area contributed by atoms with Crippen LogP contribution >= 0.6 is 11.6 Å². The highest BCUT2D eigenvalue weighted by atomic mass is 35.5. The number of halogens is 1. The molecule has 2 heteroatoms. The predicted octanol–water partition coefficient (Wildman–Crippen LogP) is 2.25. The largest absolute Gasteiger partial charge is 0.317 e. The Morgan fingerprint density at radius 2 is 2.09 bits per heavy atom. The van der Waals surface area contributed by atoms with E-state index in [1.807, 2.05) is 0 Å². The van der Waals surface area contributed by atoms with Crippen LogP contribution in [0, 0.1) is 11.8 Å². The number of rotatable bonds is 3. The predicted molar refractivity (Wildman–Crippen MR) is 50.1 cm³/mol. The molecule has 1 heterocycles. The highest BCUT2D eigenvalue weighted by Gasteiger charge is 2.18. The Morgan fingerprint density at radius 3 is 2.64 bits per heavy atom.